The maximum atomic E-state index is 13.9. The van der Waals surface area contributed by atoms with Crippen molar-refractivity contribution in [2.24, 2.45) is 0 Å². The second-order valence-corrected chi connectivity index (χ2v) is 8.43. The van der Waals surface area contributed by atoms with Crippen molar-refractivity contribution >= 4 is 28.0 Å². The molecule has 1 aliphatic rings. The number of amides is 1. The Hall–Kier alpha value is -4.00. The van der Waals surface area contributed by atoms with Crippen LogP contribution >= 0.6 is 0 Å². The highest BCUT2D eigenvalue weighted by molar-refractivity contribution is 6.06. The Morgan fingerprint density at radius 3 is 2.70 bits per heavy atom. The number of hydrogen-bond donors (Lipinski definition) is 1. The van der Waals surface area contributed by atoms with Crippen LogP contribution in [0.25, 0.3) is 16.4 Å². The third-order valence-electron chi connectivity index (χ3n) is 6.24. The Morgan fingerprint density at radius 2 is 1.82 bits per heavy atom. The molecule has 0 bridgehead atoms. The first-order valence-electron chi connectivity index (χ1n) is 10.9. The van der Waals surface area contributed by atoms with Crippen LogP contribution in [-0.4, -0.2) is 20.1 Å². The van der Waals surface area contributed by atoms with Crippen molar-refractivity contribution in [1.82, 2.24) is 14.2 Å². The lowest BCUT2D eigenvalue weighted by Crippen LogP contribution is -2.18. The zero-order valence-electron chi connectivity index (χ0n) is 17.7. The number of nitrogens with one attached hydrogen (secondary N) is 1. The molecule has 3 heterocycles. The number of aromatic nitrogens is 3. The van der Waals surface area contributed by atoms with Crippen molar-refractivity contribution in [3.05, 3.63) is 101 Å². The van der Waals surface area contributed by atoms with Gasteiger partial charge in [0.1, 0.15) is 17.3 Å². The third-order valence-corrected chi connectivity index (χ3v) is 6.24. The van der Waals surface area contributed by atoms with Gasteiger partial charge < -0.3 is 9.88 Å². The molecule has 5 aromatic rings. The van der Waals surface area contributed by atoms with Gasteiger partial charge in [0.05, 0.1) is 23.1 Å². The van der Waals surface area contributed by atoms with E-state index in [-0.39, 0.29) is 24.1 Å². The van der Waals surface area contributed by atoms with Gasteiger partial charge in [-0.25, -0.2) is 13.3 Å². The summed E-state index contributed by atoms with van der Waals surface area (Å²) < 4.78 is 31.2. The quantitative estimate of drug-likeness (QED) is 0.408. The molecule has 0 saturated heterocycles. The van der Waals surface area contributed by atoms with E-state index in [4.69, 9.17) is 0 Å². The monoisotopic (exact) mass is 442 g/mol. The zero-order valence-corrected chi connectivity index (χ0v) is 17.7. The molecule has 0 spiro atoms. The molecular weight excluding hydrogens is 422 g/mol. The van der Waals surface area contributed by atoms with E-state index < -0.39 is 0 Å². The highest BCUT2D eigenvalue weighted by Gasteiger charge is 2.20. The lowest BCUT2D eigenvalue weighted by molar-refractivity contribution is 0.101. The van der Waals surface area contributed by atoms with Crippen LogP contribution in [0.1, 0.15) is 33.7 Å². The summed E-state index contributed by atoms with van der Waals surface area (Å²) in [5, 5.41) is 8.19. The van der Waals surface area contributed by atoms with E-state index in [0.29, 0.717) is 27.8 Å². The van der Waals surface area contributed by atoms with Crippen molar-refractivity contribution in [3.63, 3.8) is 0 Å². The SMILES string of the molecule is O=C(Nc1ccc2c3c(nn2c1)CCC3)c1cc2cc(F)ccc2n1Cc1cccc(F)c1. The van der Waals surface area contributed by atoms with Gasteiger partial charge in [0.25, 0.3) is 5.91 Å². The van der Waals surface area contributed by atoms with Gasteiger partial charge in [0, 0.05) is 23.0 Å². The normalized spacial score (nSPS) is 13.0. The van der Waals surface area contributed by atoms with Crippen molar-refractivity contribution in [2.45, 2.75) is 25.8 Å². The summed E-state index contributed by atoms with van der Waals surface area (Å²) in [5.41, 5.74) is 5.85. The minimum atomic E-state index is -0.380. The summed E-state index contributed by atoms with van der Waals surface area (Å²) in [6.07, 6.45) is 4.95. The highest BCUT2D eigenvalue weighted by atomic mass is 19.1. The molecule has 0 fully saturated rings. The van der Waals surface area contributed by atoms with Crippen LogP contribution in [0.5, 0.6) is 0 Å². The summed E-state index contributed by atoms with van der Waals surface area (Å²) in [6, 6.07) is 16.1. The first-order chi connectivity index (χ1) is 16.0. The van der Waals surface area contributed by atoms with E-state index in [1.54, 1.807) is 28.8 Å². The van der Waals surface area contributed by atoms with Crippen molar-refractivity contribution in [2.75, 3.05) is 5.32 Å². The van der Waals surface area contributed by atoms with Crippen molar-refractivity contribution < 1.29 is 13.6 Å². The largest absolute Gasteiger partial charge is 0.332 e. The smallest absolute Gasteiger partial charge is 0.272 e. The Bertz CT molecular complexity index is 1550. The van der Waals surface area contributed by atoms with Crippen molar-refractivity contribution in [1.29, 1.82) is 0 Å². The molecule has 0 atom stereocenters. The van der Waals surface area contributed by atoms with Crippen LogP contribution in [-0.2, 0) is 19.4 Å². The molecule has 0 radical (unpaired) electrons. The summed E-state index contributed by atoms with van der Waals surface area (Å²) in [7, 11) is 0. The molecule has 2 aromatic carbocycles. The number of nitrogens with zero attached hydrogens (tertiary/aromatic N) is 3. The van der Waals surface area contributed by atoms with Gasteiger partial charge in [-0.2, -0.15) is 5.10 Å². The fourth-order valence-corrected chi connectivity index (χ4v) is 4.74. The Labute approximate surface area is 188 Å². The van der Waals surface area contributed by atoms with Crippen LogP contribution in [0, 0.1) is 11.6 Å². The molecule has 6 rings (SSSR count). The van der Waals surface area contributed by atoms with E-state index in [2.05, 4.69) is 10.4 Å². The third kappa shape index (κ3) is 3.46. The summed E-state index contributed by atoms with van der Waals surface area (Å²) in [4.78, 5) is 13.3. The van der Waals surface area contributed by atoms with Crippen molar-refractivity contribution in [3.8, 4) is 0 Å². The predicted octanol–water partition coefficient (Wildman–Crippen LogP) is 5.36. The summed E-state index contributed by atoms with van der Waals surface area (Å²) in [5.74, 6) is -1.06. The number of fused-ring (bicyclic) bond motifs is 4. The summed E-state index contributed by atoms with van der Waals surface area (Å²) in [6.45, 7) is 0.278. The van der Waals surface area contributed by atoms with Crippen LogP contribution < -0.4 is 5.32 Å². The number of hydrogen-bond acceptors (Lipinski definition) is 2. The molecule has 0 unspecified atom stereocenters. The molecule has 5 nitrogen and oxygen atoms in total. The topological polar surface area (TPSA) is 51.3 Å². The molecule has 164 valence electrons. The predicted molar refractivity (Wildman–Crippen MR) is 123 cm³/mol. The maximum absolute atomic E-state index is 13.9. The van der Waals surface area contributed by atoms with Gasteiger partial charge in [0.15, 0.2) is 0 Å². The standard InChI is InChI=1S/C26H20F2N4O/c27-18-4-1-3-16(11-18)14-31-23-9-7-19(28)12-17(23)13-25(31)26(33)29-20-8-10-24-21-5-2-6-22(21)30-32(24)15-20/h1,3-4,7-13,15H,2,5-6,14H2,(H,29,33). The van der Waals surface area contributed by atoms with E-state index in [9.17, 15) is 13.6 Å². The lowest BCUT2D eigenvalue weighted by atomic mass is 10.2. The highest BCUT2D eigenvalue weighted by Crippen LogP contribution is 2.27. The second kappa shape index (κ2) is 7.55. The fourth-order valence-electron chi connectivity index (χ4n) is 4.74. The molecule has 1 amide bonds. The molecule has 0 saturated carbocycles. The number of benzene rings is 2. The molecule has 0 aliphatic heterocycles. The number of carbonyl (C=O) groups excluding carboxylic acids is 1. The number of carbonyl (C=O) groups is 1. The van der Waals surface area contributed by atoms with E-state index in [1.165, 1.54) is 29.8 Å². The molecule has 33 heavy (non-hydrogen) atoms. The first-order valence-corrected chi connectivity index (χ1v) is 10.9. The van der Waals surface area contributed by atoms with Gasteiger partial charge in [-0.05, 0) is 73.4 Å². The van der Waals surface area contributed by atoms with Crippen LogP contribution in [0.4, 0.5) is 14.5 Å². The molecular formula is C26H20F2N4O. The second-order valence-electron chi connectivity index (χ2n) is 8.43. The van der Waals surface area contributed by atoms with Crippen LogP contribution in [0.2, 0.25) is 0 Å². The number of aryl methyl sites for hydroxylation is 2. The molecule has 1 N–H and O–H groups in total. The minimum Gasteiger partial charge on any atom is -0.332 e. The number of halogens is 2. The van der Waals surface area contributed by atoms with Gasteiger partial charge in [-0.1, -0.05) is 12.1 Å². The average molecular weight is 442 g/mol. The van der Waals surface area contributed by atoms with Gasteiger partial charge >= 0.3 is 0 Å². The average Bonchev–Trinajstić information content (AvgIpc) is 3.46. The minimum absolute atomic E-state index is 0.278. The Balaban J connectivity index is 1.37. The Morgan fingerprint density at radius 1 is 0.970 bits per heavy atom. The molecule has 1 aliphatic carbocycles. The summed E-state index contributed by atoms with van der Waals surface area (Å²) >= 11 is 0. The van der Waals surface area contributed by atoms with E-state index in [0.717, 1.165) is 30.5 Å². The number of pyridine rings is 1. The van der Waals surface area contributed by atoms with Gasteiger partial charge in [-0.15, -0.1) is 0 Å². The fraction of sp³-hybridized carbons (Fsp3) is 0.154. The molecule has 3 aromatic heterocycles. The van der Waals surface area contributed by atoms with Crippen LogP contribution in [0.15, 0.2) is 66.9 Å². The Kier molecular flexibility index (Phi) is 4.50. The van der Waals surface area contributed by atoms with E-state index >= 15 is 0 Å². The number of rotatable bonds is 4. The zero-order chi connectivity index (χ0) is 22.5. The maximum Gasteiger partial charge on any atom is 0.272 e. The molecule has 7 heteroatoms. The first kappa shape index (κ1) is 19.7. The van der Waals surface area contributed by atoms with Gasteiger partial charge in [-0.3, -0.25) is 4.79 Å². The number of anilines is 1. The van der Waals surface area contributed by atoms with E-state index in [1.807, 2.05) is 22.8 Å². The van der Waals surface area contributed by atoms with Crippen LogP contribution in [0.3, 0.4) is 0 Å². The van der Waals surface area contributed by atoms with Gasteiger partial charge in [0.2, 0.25) is 0 Å². The lowest BCUT2D eigenvalue weighted by Gasteiger charge is -2.12.